The number of likely N-dealkylation sites (tertiary alicyclic amines) is 1. The van der Waals surface area contributed by atoms with Crippen molar-refractivity contribution in [1.82, 2.24) is 24.4 Å². The first kappa shape index (κ1) is 28.4. The van der Waals surface area contributed by atoms with Crippen molar-refractivity contribution in [3.8, 4) is 21.3 Å². The Labute approximate surface area is 250 Å². The third-order valence-electron chi connectivity index (χ3n) is 7.51. The second-order valence-corrected chi connectivity index (χ2v) is 13.0. The topological polar surface area (TPSA) is 106 Å². The molecule has 9 nitrogen and oxygen atoms in total. The van der Waals surface area contributed by atoms with E-state index in [2.05, 4.69) is 26.6 Å². The Morgan fingerprint density at radius 3 is 2.64 bits per heavy atom. The molecule has 0 amide bonds. The number of H-pyrrole nitrogens is 1. The van der Waals surface area contributed by atoms with Crippen LogP contribution in [-0.4, -0.2) is 55.6 Å². The van der Waals surface area contributed by atoms with Crippen molar-refractivity contribution in [2.45, 2.75) is 71.4 Å². The van der Waals surface area contributed by atoms with Gasteiger partial charge >= 0.3 is 5.97 Å². The van der Waals surface area contributed by atoms with E-state index in [1.807, 2.05) is 45.0 Å². The van der Waals surface area contributed by atoms with Crippen molar-refractivity contribution in [2.75, 3.05) is 19.6 Å². The highest BCUT2D eigenvalue weighted by Gasteiger charge is 2.20. The highest BCUT2D eigenvalue weighted by molar-refractivity contribution is 7.18. The van der Waals surface area contributed by atoms with Crippen LogP contribution in [0.4, 0.5) is 0 Å². The van der Waals surface area contributed by atoms with Gasteiger partial charge in [-0.3, -0.25) is 9.59 Å². The van der Waals surface area contributed by atoms with Crippen LogP contribution in [0, 0.1) is 0 Å². The van der Waals surface area contributed by atoms with Crippen LogP contribution in [0.5, 0.6) is 0 Å². The number of nitrogens with zero attached hydrogens (tertiary/aromatic N) is 4. The number of hydrogen-bond acceptors (Lipinski definition) is 8. The molecule has 42 heavy (non-hydrogen) atoms. The fraction of sp³-hybridized carbons (Fsp3) is 0.438. The number of esters is 1. The van der Waals surface area contributed by atoms with Gasteiger partial charge in [0.2, 0.25) is 0 Å². The van der Waals surface area contributed by atoms with Crippen molar-refractivity contribution < 1.29 is 15.4 Å². The molecule has 1 aromatic carbocycles. The van der Waals surface area contributed by atoms with Crippen LogP contribution < -0.4 is 5.56 Å². The number of rotatable bonds is 9. The first-order chi connectivity index (χ1) is 20.2. The number of benzene rings is 1. The van der Waals surface area contributed by atoms with Crippen molar-refractivity contribution >= 4 is 39.4 Å². The highest BCUT2D eigenvalue weighted by Crippen LogP contribution is 2.36. The number of imidazole rings is 1. The van der Waals surface area contributed by atoms with E-state index in [9.17, 15) is 9.59 Å². The smallest absolute Gasteiger partial charge is 0.306 e. The first-order valence-electron chi connectivity index (χ1n) is 14.7. The maximum absolute atomic E-state index is 12.9. The zero-order valence-corrected chi connectivity index (χ0v) is 25.3. The third-order valence-corrected chi connectivity index (χ3v) is 8.61. The Balaban J connectivity index is 0.00000368. The maximum Gasteiger partial charge on any atom is 0.306 e. The minimum absolute atomic E-state index is 0. The lowest BCUT2D eigenvalue weighted by molar-refractivity contribution is -0.154. The maximum atomic E-state index is 12.9. The second-order valence-electron chi connectivity index (χ2n) is 11.9. The van der Waals surface area contributed by atoms with Crippen LogP contribution in [0.25, 0.3) is 43.4 Å². The summed E-state index contributed by atoms with van der Waals surface area (Å²) >= 11 is 1.65. The third kappa shape index (κ3) is 6.34. The molecule has 10 heteroatoms. The predicted molar refractivity (Wildman–Crippen MR) is 168 cm³/mol. The zero-order valence-electron chi connectivity index (χ0n) is 24.4. The molecular weight excluding hydrogens is 550 g/mol. The number of hydrogen-bond donors (Lipinski definition) is 1. The number of nitrogens with one attached hydrogen (secondary N) is 1. The Hall–Kier alpha value is -3.76. The van der Waals surface area contributed by atoms with E-state index in [1.54, 1.807) is 17.6 Å². The fourth-order valence-electron chi connectivity index (χ4n) is 5.58. The molecule has 1 N–H and O–H groups in total. The average molecular weight is 590 g/mol. The molecule has 1 fully saturated rings. The van der Waals surface area contributed by atoms with Gasteiger partial charge in [-0.05, 0) is 96.1 Å². The summed E-state index contributed by atoms with van der Waals surface area (Å²) in [5.41, 5.74) is 2.53. The number of aryl methyl sites for hydroxylation is 2. The van der Waals surface area contributed by atoms with Gasteiger partial charge in [-0.2, -0.15) is 0 Å². The lowest BCUT2D eigenvalue weighted by Gasteiger charge is -2.26. The number of ether oxygens (including phenoxy) is 1. The molecule has 222 valence electrons. The molecule has 5 aromatic rings. The molecule has 1 saturated heterocycles. The molecular formula is C32H39N5O4S. The number of carbonyl (C=O) groups excluding carboxylic acids is 1. The van der Waals surface area contributed by atoms with E-state index in [0.29, 0.717) is 16.7 Å². The van der Waals surface area contributed by atoms with Gasteiger partial charge in [-0.25, -0.2) is 9.97 Å². The molecule has 0 bridgehead atoms. The summed E-state index contributed by atoms with van der Waals surface area (Å²) in [6.07, 6.45) is 6.87. The SMILES string of the molecule is CC(C)(C)OC(=O)CCc1nc2cc3c(cc2[nH]c1=O)nc(-c1ccc(-c2ccco2)s1)n3CCCN1CCCCC1.[HH]. The first-order valence-corrected chi connectivity index (χ1v) is 15.6. The molecule has 1 aliphatic rings. The Morgan fingerprint density at radius 2 is 1.88 bits per heavy atom. The van der Waals surface area contributed by atoms with Gasteiger partial charge in [-0.1, -0.05) is 6.42 Å². The van der Waals surface area contributed by atoms with Crippen molar-refractivity contribution in [3.05, 3.63) is 58.7 Å². The van der Waals surface area contributed by atoms with Gasteiger partial charge in [0.05, 0.1) is 44.5 Å². The molecule has 0 aliphatic carbocycles. The number of carbonyl (C=O) groups is 1. The van der Waals surface area contributed by atoms with E-state index >= 15 is 0 Å². The van der Waals surface area contributed by atoms with Gasteiger partial charge in [-0.15, -0.1) is 11.3 Å². The number of fused-ring (bicyclic) bond motifs is 2. The van der Waals surface area contributed by atoms with E-state index in [0.717, 1.165) is 51.9 Å². The van der Waals surface area contributed by atoms with Crippen molar-refractivity contribution in [3.63, 3.8) is 0 Å². The molecule has 0 saturated carbocycles. The van der Waals surface area contributed by atoms with Gasteiger partial charge < -0.3 is 23.6 Å². The molecule has 0 unspecified atom stereocenters. The molecule has 5 heterocycles. The molecule has 0 atom stereocenters. The van der Waals surface area contributed by atoms with Crippen LogP contribution in [0.3, 0.4) is 0 Å². The van der Waals surface area contributed by atoms with Crippen LogP contribution in [0.1, 0.15) is 60.0 Å². The lowest BCUT2D eigenvalue weighted by atomic mass is 10.1. The summed E-state index contributed by atoms with van der Waals surface area (Å²) in [4.78, 5) is 42.5. The summed E-state index contributed by atoms with van der Waals surface area (Å²) in [5, 5.41) is 0. The number of aromatic nitrogens is 4. The monoisotopic (exact) mass is 589 g/mol. The summed E-state index contributed by atoms with van der Waals surface area (Å²) in [5.74, 6) is 1.39. The van der Waals surface area contributed by atoms with Crippen LogP contribution in [0.15, 0.2) is 51.9 Å². The standard InChI is InChI=1S/C32H37N5O4S.H2/c1-32(2,3)41-29(38)13-10-21-31(39)35-22-19-24-25(20-23(22)33-21)37(17-8-16-36-14-5-4-6-15-36)30(34-24)28-12-11-27(42-28)26-9-7-18-40-26;/h7,9,11-12,18-20H,4-6,8,10,13-17H2,1-3H3,(H,35,39);1H. The minimum Gasteiger partial charge on any atom is -0.464 e. The van der Waals surface area contributed by atoms with E-state index < -0.39 is 5.60 Å². The molecule has 0 radical (unpaired) electrons. The molecule has 1 aliphatic heterocycles. The van der Waals surface area contributed by atoms with E-state index in [-0.39, 0.29) is 25.8 Å². The molecule has 4 aromatic heterocycles. The minimum atomic E-state index is -0.572. The Bertz CT molecular complexity index is 1760. The fourth-order valence-corrected chi connectivity index (χ4v) is 6.56. The lowest BCUT2D eigenvalue weighted by Crippen LogP contribution is -2.31. The van der Waals surface area contributed by atoms with E-state index in [1.165, 1.54) is 32.4 Å². The summed E-state index contributed by atoms with van der Waals surface area (Å²) < 4.78 is 13.3. The van der Waals surface area contributed by atoms with Gasteiger partial charge in [0, 0.05) is 14.4 Å². The van der Waals surface area contributed by atoms with E-state index in [4.69, 9.17) is 19.1 Å². The Morgan fingerprint density at radius 1 is 1.07 bits per heavy atom. The van der Waals surface area contributed by atoms with Gasteiger partial charge in [0.1, 0.15) is 17.1 Å². The van der Waals surface area contributed by atoms with Crippen LogP contribution in [0.2, 0.25) is 0 Å². The highest BCUT2D eigenvalue weighted by atomic mass is 32.1. The average Bonchev–Trinajstić information content (AvgIpc) is 3.71. The number of aromatic amines is 1. The number of piperidine rings is 1. The van der Waals surface area contributed by atoms with Crippen LogP contribution >= 0.6 is 11.3 Å². The number of furan rings is 1. The summed E-state index contributed by atoms with van der Waals surface area (Å²) in [7, 11) is 0. The summed E-state index contributed by atoms with van der Waals surface area (Å²) in [6.45, 7) is 9.69. The van der Waals surface area contributed by atoms with Gasteiger partial charge in [0.15, 0.2) is 5.82 Å². The van der Waals surface area contributed by atoms with Gasteiger partial charge in [0.25, 0.3) is 5.56 Å². The Kier molecular flexibility index (Phi) is 8.00. The quantitative estimate of drug-likeness (QED) is 0.192. The second kappa shape index (κ2) is 11.9. The van der Waals surface area contributed by atoms with Crippen molar-refractivity contribution in [1.29, 1.82) is 0 Å². The number of thiophene rings is 1. The predicted octanol–water partition coefficient (Wildman–Crippen LogP) is 6.66. The molecule has 0 spiro atoms. The van der Waals surface area contributed by atoms with Crippen molar-refractivity contribution in [2.24, 2.45) is 0 Å². The normalized spacial score (nSPS) is 14.6. The largest absolute Gasteiger partial charge is 0.464 e. The van der Waals surface area contributed by atoms with Crippen LogP contribution in [-0.2, 0) is 22.5 Å². The molecule has 6 rings (SSSR count). The summed E-state index contributed by atoms with van der Waals surface area (Å²) in [6, 6.07) is 11.9. The zero-order chi connectivity index (χ0) is 29.3.